The number of amides is 1. The third-order valence-electron chi connectivity index (χ3n) is 3.98. The van der Waals surface area contributed by atoms with E-state index in [1.165, 1.54) is 17.6 Å². The number of oxazole rings is 1. The Kier molecular flexibility index (Phi) is 6.06. The number of fused-ring (bicyclic) bond motifs is 1. The van der Waals surface area contributed by atoms with E-state index in [0.717, 1.165) is 0 Å². The third kappa shape index (κ3) is 4.55. The van der Waals surface area contributed by atoms with Gasteiger partial charge in [0, 0.05) is 11.6 Å². The number of ether oxygens (including phenoxy) is 1. The molecule has 1 atom stereocenters. The van der Waals surface area contributed by atoms with Crippen molar-refractivity contribution in [2.45, 2.75) is 26.0 Å². The fourth-order valence-corrected chi connectivity index (χ4v) is 2.90. The smallest absolute Gasteiger partial charge is 0.419 e. The Bertz CT molecular complexity index is 1090. The molecular formula is C19H16Cl2N2O5. The Hall–Kier alpha value is -2.77. The maximum atomic E-state index is 12.2. The molecule has 0 spiro atoms. The Morgan fingerprint density at radius 3 is 2.75 bits per heavy atom. The molecule has 7 nitrogen and oxygen atoms in total. The normalized spacial score (nSPS) is 12.0. The Morgan fingerprint density at radius 1 is 1.21 bits per heavy atom. The Labute approximate surface area is 169 Å². The van der Waals surface area contributed by atoms with E-state index in [1.807, 2.05) is 0 Å². The van der Waals surface area contributed by atoms with Crippen LogP contribution in [0, 0.1) is 0 Å². The van der Waals surface area contributed by atoms with E-state index in [4.69, 9.17) is 32.4 Å². The molecule has 1 aromatic heterocycles. The number of nitrogens with one attached hydrogen (secondary N) is 1. The molecule has 0 aliphatic carbocycles. The highest BCUT2D eigenvalue weighted by atomic mass is 35.5. The van der Waals surface area contributed by atoms with Crippen molar-refractivity contribution < 1.29 is 18.7 Å². The highest BCUT2D eigenvalue weighted by Crippen LogP contribution is 2.25. The fourth-order valence-electron chi connectivity index (χ4n) is 2.57. The molecule has 3 rings (SSSR count). The minimum Gasteiger partial charge on any atom is -0.452 e. The summed E-state index contributed by atoms with van der Waals surface area (Å²) in [4.78, 5) is 36.2. The average Bonchev–Trinajstić information content (AvgIpc) is 2.98. The van der Waals surface area contributed by atoms with Crippen LogP contribution in [0.5, 0.6) is 0 Å². The molecule has 1 unspecified atom stereocenters. The van der Waals surface area contributed by atoms with Crippen molar-refractivity contribution in [1.29, 1.82) is 0 Å². The number of carbonyl (C=O) groups is 2. The molecular weight excluding hydrogens is 407 g/mol. The lowest BCUT2D eigenvalue weighted by Gasteiger charge is -2.14. The number of halogens is 2. The second kappa shape index (κ2) is 8.50. The second-order valence-electron chi connectivity index (χ2n) is 5.98. The van der Waals surface area contributed by atoms with E-state index >= 15 is 0 Å². The molecule has 0 saturated carbocycles. The molecule has 0 radical (unpaired) electrons. The summed E-state index contributed by atoms with van der Waals surface area (Å²) in [6.07, 6.45) is -1.15. The quantitative estimate of drug-likeness (QED) is 0.608. The van der Waals surface area contributed by atoms with Crippen LogP contribution in [0.1, 0.15) is 13.3 Å². The Balaban J connectivity index is 1.58. The van der Waals surface area contributed by atoms with Crippen LogP contribution in [0.4, 0.5) is 5.69 Å². The molecule has 0 aliphatic rings. The van der Waals surface area contributed by atoms with Crippen molar-refractivity contribution in [2.24, 2.45) is 0 Å². The summed E-state index contributed by atoms with van der Waals surface area (Å²) in [5, 5.41) is 3.27. The number of benzene rings is 2. The molecule has 9 heteroatoms. The van der Waals surface area contributed by atoms with E-state index in [-0.39, 0.29) is 13.0 Å². The van der Waals surface area contributed by atoms with E-state index < -0.39 is 23.7 Å². The maximum absolute atomic E-state index is 12.2. The van der Waals surface area contributed by atoms with Gasteiger partial charge in [0.2, 0.25) is 0 Å². The number of carbonyl (C=O) groups excluding carboxylic acids is 2. The predicted molar refractivity (Wildman–Crippen MR) is 106 cm³/mol. The van der Waals surface area contributed by atoms with Gasteiger partial charge in [-0.25, -0.2) is 4.79 Å². The molecule has 146 valence electrons. The number of aryl methyl sites for hydroxylation is 1. The molecule has 0 bridgehead atoms. The lowest BCUT2D eigenvalue weighted by atomic mass is 10.3. The van der Waals surface area contributed by atoms with Crippen LogP contribution in [0.15, 0.2) is 51.7 Å². The second-order valence-corrected chi connectivity index (χ2v) is 6.83. The Morgan fingerprint density at radius 2 is 1.96 bits per heavy atom. The van der Waals surface area contributed by atoms with Crippen LogP contribution in [0.25, 0.3) is 11.1 Å². The minimum atomic E-state index is -1.06. The van der Waals surface area contributed by atoms with Crippen molar-refractivity contribution in [2.75, 3.05) is 5.32 Å². The first-order valence-corrected chi connectivity index (χ1v) is 9.14. The average molecular weight is 423 g/mol. The van der Waals surface area contributed by atoms with E-state index in [0.29, 0.717) is 26.8 Å². The first kappa shape index (κ1) is 20.0. The summed E-state index contributed by atoms with van der Waals surface area (Å²) in [5.41, 5.74) is 1.34. The molecule has 1 amide bonds. The predicted octanol–water partition coefficient (Wildman–Crippen LogP) is 3.86. The lowest BCUT2D eigenvalue weighted by molar-refractivity contribution is -0.153. The van der Waals surface area contributed by atoms with Crippen LogP contribution in [0.2, 0.25) is 10.0 Å². The van der Waals surface area contributed by atoms with Gasteiger partial charge in [-0.15, -0.1) is 0 Å². The summed E-state index contributed by atoms with van der Waals surface area (Å²) < 4.78 is 11.6. The van der Waals surface area contributed by atoms with Crippen molar-refractivity contribution in [3.8, 4) is 0 Å². The first-order valence-electron chi connectivity index (χ1n) is 8.39. The number of esters is 1. The van der Waals surface area contributed by atoms with E-state index in [9.17, 15) is 14.4 Å². The lowest BCUT2D eigenvalue weighted by Crippen LogP contribution is -2.30. The monoisotopic (exact) mass is 422 g/mol. The van der Waals surface area contributed by atoms with Gasteiger partial charge in [-0.05, 0) is 37.3 Å². The topological polar surface area (TPSA) is 90.5 Å². The minimum absolute atomic E-state index is 0.0726. The summed E-state index contributed by atoms with van der Waals surface area (Å²) in [6.45, 7) is 1.51. The van der Waals surface area contributed by atoms with Gasteiger partial charge in [0.05, 0.1) is 22.6 Å². The van der Waals surface area contributed by atoms with Crippen LogP contribution in [-0.4, -0.2) is 22.5 Å². The molecule has 0 aliphatic heterocycles. The summed E-state index contributed by atoms with van der Waals surface area (Å²) >= 11 is 11.9. The summed E-state index contributed by atoms with van der Waals surface area (Å²) in [6, 6.07) is 11.5. The highest BCUT2D eigenvalue weighted by Gasteiger charge is 2.19. The number of rotatable bonds is 6. The van der Waals surface area contributed by atoms with Gasteiger partial charge in [-0.2, -0.15) is 0 Å². The van der Waals surface area contributed by atoms with Crippen LogP contribution in [0.3, 0.4) is 0 Å². The number of hydrogen-bond acceptors (Lipinski definition) is 5. The third-order valence-corrected chi connectivity index (χ3v) is 4.54. The molecule has 1 N–H and O–H groups in total. The van der Waals surface area contributed by atoms with Gasteiger partial charge >= 0.3 is 11.7 Å². The van der Waals surface area contributed by atoms with Gasteiger partial charge in [0.15, 0.2) is 11.7 Å². The van der Waals surface area contributed by atoms with Crippen LogP contribution in [-0.2, 0) is 20.9 Å². The van der Waals surface area contributed by atoms with Gasteiger partial charge in [-0.1, -0.05) is 35.3 Å². The van der Waals surface area contributed by atoms with Gasteiger partial charge in [0.25, 0.3) is 5.91 Å². The standard InChI is InChI=1S/C19H16Cl2N2O5/c1-11(18(25)22-14-10-12(20)6-7-13(14)21)27-17(24)8-9-23-15-4-2-3-5-16(15)28-19(23)26/h2-7,10-11H,8-9H2,1H3,(H,22,25). The summed E-state index contributed by atoms with van der Waals surface area (Å²) in [5.74, 6) is -1.74. The van der Waals surface area contributed by atoms with Crippen molar-refractivity contribution in [3.63, 3.8) is 0 Å². The first-order chi connectivity index (χ1) is 13.3. The van der Waals surface area contributed by atoms with Crippen LogP contribution >= 0.6 is 23.2 Å². The van der Waals surface area contributed by atoms with Crippen LogP contribution < -0.4 is 11.1 Å². The SMILES string of the molecule is CC(OC(=O)CCn1c(=O)oc2ccccc21)C(=O)Nc1cc(Cl)ccc1Cl. The molecule has 1 heterocycles. The van der Waals surface area contributed by atoms with Gasteiger partial charge in [-0.3, -0.25) is 14.2 Å². The van der Waals surface area contributed by atoms with E-state index in [2.05, 4.69) is 5.32 Å². The molecule has 2 aromatic carbocycles. The molecule has 28 heavy (non-hydrogen) atoms. The largest absolute Gasteiger partial charge is 0.452 e. The fraction of sp³-hybridized carbons (Fsp3) is 0.211. The number of para-hydroxylation sites is 2. The van der Waals surface area contributed by atoms with Crippen molar-refractivity contribution >= 4 is 51.9 Å². The van der Waals surface area contributed by atoms with Gasteiger partial charge < -0.3 is 14.5 Å². The maximum Gasteiger partial charge on any atom is 0.419 e. The summed E-state index contributed by atoms with van der Waals surface area (Å²) in [7, 11) is 0. The zero-order valence-corrected chi connectivity index (χ0v) is 16.3. The highest BCUT2D eigenvalue weighted by molar-refractivity contribution is 6.35. The zero-order valence-electron chi connectivity index (χ0n) is 14.8. The number of nitrogens with zero attached hydrogens (tertiary/aromatic N) is 1. The molecule has 0 saturated heterocycles. The van der Waals surface area contributed by atoms with Gasteiger partial charge in [0.1, 0.15) is 0 Å². The van der Waals surface area contributed by atoms with Crippen molar-refractivity contribution in [3.05, 3.63) is 63.1 Å². The molecule has 3 aromatic rings. The zero-order chi connectivity index (χ0) is 20.3. The number of aromatic nitrogens is 1. The molecule has 0 fully saturated rings. The number of anilines is 1. The van der Waals surface area contributed by atoms with Crippen molar-refractivity contribution in [1.82, 2.24) is 4.57 Å². The van der Waals surface area contributed by atoms with E-state index in [1.54, 1.807) is 36.4 Å². The number of hydrogen-bond donors (Lipinski definition) is 1.